The third-order valence-corrected chi connectivity index (χ3v) is 2.78. The summed E-state index contributed by atoms with van der Waals surface area (Å²) in [6, 6.07) is 5.81. The third-order valence-electron chi connectivity index (χ3n) is 2.03. The van der Waals surface area contributed by atoms with Crippen LogP contribution < -0.4 is 0 Å². The van der Waals surface area contributed by atoms with E-state index in [2.05, 4.69) is 20.9 Å². The molecule has 3 heteroatoms. The fourth-order valence-corrected chi connectivity index (χ4v) is 1.84. The molecule has 0 saturated heterocycles. The first kappa shape index (κ1) is 8.66. The van der Waals surface area contributed by atoms with Gasteiger partial charge < -0.3 is 5.11 Å². The van der Waals surface area contributed by atoms with Gasteiger partial charge in [0, 0.05) is 22.3 Å². The molecule has 0 saturated carbocycles. The number of aliphatic hydroxyl groups is 1. The van der Waals surface area contributed by atoms with E-state index in [1.807, 2.05) is 18.2 Å². The average Bonchev–Trinajstić information content (AvgIpc) is 2.18. The maximum atomic E-state index is 9.17. The number of hydrogen-bond donors (Lipinski definition) is 1. The average molecular weight is 238 g/mol. The summed E-state index contributed by atoms with van der Waals surface area (Å²) in [5.41, 5.74) is 0.917. The second-order valence-electron chi connectivity index (χ2n) is 2.78. The molecule has 0 amide bonds. The molecule has 0 bridgehead atoms. The van der Waals surface area contributed by atoms with Crippen LogP contribution in [0.1, 0.15) is 5.56 Å². The highest BCUT2D eigenvalue weighted by molar-refractivity contribution is 9.10. The van der Waals surface area contributed by atoms with Crippen molar-refractivity contribution >= 4 is 26.7 Å². The van der Waals surface area contributed by atoms with Gasteiger partial charge in [-0.1, -0.05) is 22.0 Å². The lowest BCUT2D eigenvalue weighted by Crippen LogP contribution is -1.88. The Kier molecular flexibility index (Phi) is 2.29. The molecule has 0 aliphatic carbocycles. The van der Waals surface area contributed by atoms with E-state index in [4.69, 9.17) is 5.11 Å². The Balaban J connectivity index is 2.84. The van der Waals surface area contributed by atoms with Crippen molar-refractivity contribution in [2.45, 2.75) is 6.61 Å². The molecule has 0 atom stereocenters. The van der Waals surface area contributed by atoms with E-state index in [9.17, 15) is 0 Å². The van der Waals surface area contributed by atoms with Gasteiger partial charge in [0.05, 0.1) is 6.61 Å². The number of nitrogens with zero attached hydrogens (tertiary/aromatic N) is 1. The van der Waals surface area contributed by atoms with E-state index in [1.54, 1.807) is 12.4 Å². The highest BCUT2D eigenvalue weighted by Gasteiger charge is 2.03. The minimum absolute atomic E-state index is 0.0436. The quantitative estimate of drug-likeness (QED) is 0.827. The molecule has 1 heterocycles. The number of fused-ring (bicyclic) bond motifs is 1. The van der Waals surface area contributed by atoms with Crippen LogP contribution in [0.5, 0.6) is 0 Å². The zero-order chi connectivity index (χ0) is 9.26. The summed E-state index contributed by atoms with van der Waals surface area (Å²) in [5.74, 6) is 0. The van der Waals surface area contributed by atoms with Crippen molar-refractivity contribution in [2.75, 3.05) is 0 Å². The molecule has 13 heavy (non-hydrogen) atoms. The number of halogens is 1. The van der Waals surface area contributed by atoms with Gasteiger partial charge in [0.15, 0.2) is 0 Å². The van der Waals surface area contributed by atoms with E-state index < -0.39 is 0 Å². The highest BCUT2D eigenvalue weighted by Crippen LogP contribution is 2.25. The van der Waals surface area contributed by atoms with E-state index >= 15 is 0 Å². The van der Waals surface area contributed by atoms with Crippen LogP contribution in [0, 0.1) is 0 Å². The van der Waals surface area contributed by atoms with Gasteiger partial charge in [-0.2, -0.15) is 0 Å². The third kappa shape index (κ3) is 1.45. The Morgan fingerprint density at radius 1 is 1.31 bits per heavy atom. The largest absolute Gasteiger partial charge is 0.392 e. The second-order valence-corrected chi connectivity index (χ2v) is 3.64. The van der Waals surface area contributed by atoms with Crippen LogP contribution in [0.3, 0.4) is 0 Å². The predicted octanol–water partition coefficient (Wildman–Crippen LogP) is 2.49. The first-order valence-electron chi connectivity index (χ1n) is 3.95. The molecule has 2 nitrogen and oxygen atoms in total. The highest BCUT2D eigenvalue weighted by atomic mass is 79.9. The topological polar surface area (TPSA) is 33.1 Å². The molecule has 1 N–H and O–H groups in total. The number of aromatic nitrogens is 1. The molecule has 2 aromatic rings. The number of benzene rings is 1. The first-order chi connectivity index (χ1) is 6.33. The molecule has 0 aliphatic heterocycles. The fraction of sp³-hybridized carbons (Fsp3) is 0.100. The molecule has 0 aliphatic rings. The van der Waals surface area contributed by atoms with Crippen molar-refractivity contribution < 1.29 is 5.11 Å². The van der Waals surface area contributed by atoms with Crippen molar-refractivity contribution in [2.24, 2.45) is 0 Å². The van der Waals surface area contributed by atoms with E-state index in [0.717, 1.165) is 20.8 Å². The van der Waals surface area contributed by atoms with Gasteiger partial charge in [-0.05, 0) is 23.1 Å². The van der Waals surface area contributed by atoms with Gasteiger partial charge in [0.2, 0.25) is 0 Å². The Morgan fingerprint density at radius 2 is 2.15 bits per heavy atom. The molecular weight excluding hydrogens is 230 g/mol. The van der Waals surface area contributed by atoms with Crippen LogP contribution in [-0.2, 0) is 6.61 Å². The number of aliphatic hydroxyl groups excluding tert-OH is 1. The van der Waals surface area contributed by atoms with Crippen molar-refractivity contribution in [1.29, 1.82) is 0 Å². The van der Waals surface area contributed by atoms with Crippen molar-refractivity contribution in [3.8, 4) is 0 Å². The van der Waals surface area contributed by atoms with Gasteiger partial charge in [-0.3, -0.25) is 4.98 Å². The predicted molar refractivity (Wildman–Crippen MR) is 55.4 cm³/mol. The number of hydrogen-bond acceptors (Lipinski definition) is 2. The molecule has 1 aromatic heterocycles. The summed E-state index contributed by atoms with van der Waals surface area (Å²) in [7, 11) is 0. The summed E-state index contributed by atoms with van der Waals surface area (Å²) >= 11 is 3.40. The molecule has 0 fully saturated rings. The summed E-state index contributed by atoms with van der Waals surface area (Å²) in [6.45, 7) is 0.0436. The monoisotopic (exact) mass is 237 g/mol. The zero-order valence-corrected chi connectivity index (χ0v) is 8.45. The summed E-state index contributed by atoms with van der Waals surface area (Å²) in [4.78, 5) is 4.02. The summed E-state index contributed by atoms with van der Waals surface area (Å²) < 4.78 is 0.939. The summed E-state index contributed by atoms with van der Waals surface area (Å²) in [6.07, 6.45) is 3.52. The molecular formula is C10H8BrNO. The number of pyridine rings is 1. The molecule has 66 valence electrons. The Morgan fingerprint density at radius 3 is 2.92 bits per heavy atom. The van der Waals surface area contributed by atoms with Gasteiger partial charge >= 0.3 is 0 Å². The van der Waals surface area contributed by atoms with Gasteiger partial charge in [-0.15, -0.1) is 0 Å². The Labute approximate surface area is 84.4 Å². The second kappa shape index (κ2) is 3.44. The van der Waals surface area contributed by atoms with Crippen LogP contribution in [0.15, 0.2) is 35.1 Å². The minimum Gasteiger partial charge on any atom is -0.392 e. The van der Waals surface area contributed by atoms with Gasteiger partial charge in [0.1, 0.15) is 0 Å². The molecule has 0 unspecified atom stereocenters. The lowest BCUT2D eigenvalue weighted by molar-refractivity contribution is 0.282. The number of rotatable bonds is 1. The maximum absolute atomic E-state index is 9.17. The van der Waals surface area contributed by atoms with Crippen LogP contribution in [-0.4, -0.2) is 10.1 Å². The smallest absolute Gasteiger partial charge is 0.0698 e. The lowest BCUT2D eigenvalue weighted by Gasteiger charge is -2.05. The van der Waals surface area contributed by atoms with E-state index in [-0.39, 0.29) is 6.61 Å². The van der Waals surface area contributed by atoms with E-state index in [1.165, 1.54) is 0 Å². The lowest BCUT2D eigenvalue weighted by atomic mass is 10.1. The molecule has 0 spiro atoms. The fourth-order valence-electron chi connectivity index (χ4n) is 1.37. The van der Waals surface area contributed by atoms with Crippen LogP contribution in [0.4, 0.5) is 0 Å². The Hall–Kier alpha value is -0.930. The van der Waals surface area contributed by atoms with Crippen LogP contribution in [0.25, 0.3) is 10.8 Å². The Bertz CT molecular complexity index is 442. The summed E-state index contributed by atoms with van der Waals surface area (Å²) in [5, 5.41) is 11.3. The SMILES string of the molecule is OCc1c(Br)ccc2cnccc12. The molecule has 1 aromatic carbocycles. The molecule has 0 radical (unpaired) electrons. The maximum Gasteiger partial charge on any atom is 0.0698 e. The van der Waals surface area contributed by atoms with Gasteiger partial charge in [0.25, 0.3) is 0 Å². The zero-order valence-electron chi connectivity index (χ0n) is 6.87. The minimum atomic E-state index is 0.0436. The van der Waals surface area contributed by atoms with Gasteiger partial charge in [-0.25, -0.2) is 0 Å². The van der Waals surface area contributed by atoms with Crippen LogP contribution in [0.2, 0.25) is 0 Å². The van der Waals surface area contributed by atoms with Crippen molar-refractivity contribution in [3.63, 3.8) is 0 Å². The van der Waals surface area contributed by atoms with E-state index in [0.29, 0.717) is 0 Å². The normalized spacial score (nSPS) is 10.6. The van der Waals surface area contributed by atoms with Crippen molar-refractivity contribution in [3.05, 3.63) is 40.6 Å². The van der Waals surface area contributed by atoms with Crippen molar-refractivity contribution in [1.82, 2.24) is 4.98 Å². The first-order valence-corrected chi connectivity index (χ1v) is 4.74. The van der Waals surface area contributed by atoms with Crippen LogP contribution >= 0.6 is 15.9 Å². The molecule has 2 rings (SSSR count). The standard InChI is InChI=1S/C10H8BrNO/c11-10-2-1-7-5-12-4-3-8(7)9(10)6-13/h1-5,13H,6H2.